The number of halogens is 1. The average Bonchev–Trinajstić information content (AvgIpc) is 2.61. The summed E-state index contributed by atoms with van der Waals surface area (Å²) in [4.78, 5) is 0. The Kier molecular flexibility index (Phi) is 2.39. The second-order valence-electron chi connectivity index (χ2n) is 2.91. The quantitative estimate of drug-likeness (QED) is 0.829. The minimum Gasteiger partial charge on any atom is -0.495 e. The monoisotopic (exact) mass is 212 g/mol. The second-order valence-corrected chi connectivity index (χ2v) is 3.82. The lowest BCUT2D eigenvalue weighted by Gasteiger charge is -2.00. The summed E-state index contributed by atoms with van der Waals surface area (Å²) in [6.07, 6.45) is 0. The zero-order valence-electron chi connectivity index (χ0n) is 7.58. The molecule has 74 valence electrons. The van der Waals surface area contributed by atoms with Crippen molar-refractivity contribution in [1.29, 1.82) is 0 Å². The van der Waals surface area contributed by atoms with Gasteiger partial charge in [-0.15, -0.1) is 11.3 Å². The molecular weight excluding hydrogens is 203 g/mol. The van der Waals surface area contributed by atoms with Crippen LogP contribution in [0.4, 0.5) is 4.39 Å². The van der Waals surface area contributed by atoms with E-state index in [-0.39, 0.29) is 12.4 Å². The minimum absolute atomic E-state index is 0.146. The number of thiophene rings is 1. The van der Waals surface area contributed by atoms with E-state index in [4.69, 9.17) is 9.84 Å². The fourth-order valence-corrected chi connectivity index (χ4v) is 2.37. The molecule has 14 heavy (non-hydrogen) atoms. The number of aliphatic hydroxyl groups is 1. The van der Waals surface area contributed by atoms with Crippen LogP contribution in [0.3, 0.4) is 0 Å². The SMILES string of the molecule is COc1csc2cc(CO)cc(F)c12. The summed E-state index contributed by atoms with van der Waals surface area (Å²) in [5, 5.41) is 11.1. The summed E-state index contributed by atoms with van der Waals surface area (Å²) < 4.78 is 19.4. The van der Waals surface area contributed by atoms with Crippen molar-refractivity contribution in [3.63, 3.8) is 0 Å². The van der Waals surface area contributed by atoms with Crippen LogP contribution in [-0.2, 0) is 6.61 Å². The first kappa shape index (κ1) is 9.43. The van der Waals surface area contributed by atoms with Gasteiger partial charge in [0.2, 0.25) is 0 Å². The molecule has 2 nitrogen and oxygen atoms in total. The minimum atomic E-state index is -0.343. The molecule has 0 fully saturated rings. The number of benzene rings is 1. The molecule has 1 N–H and O–H groups in total. The fourth-order valence-electron chi connectivity index (χ4n) is 1.38. The molecule has 4 heteroatoms. The zero-order valence-corrected chi connectivity index (χ0v) is 8.40. The highest BCUT2D eigenvalue weighted by Crippen LogP contribution is 2.34. The summed E-state index contributed by atoms with van der Waals surface area (Å²) in [5.74, 6) is 0.205. The van der Waals surface area contributed by atoms with Crippen LogP contribution in [0, 0.1) is 5.82 Å². The van der Waals surface area contributed by atoms with Crippen molar-refractivity contribution < 1.29 is 14.2 Å². The van der Waals surface area contributed by atoms with E-state index in [1.807, 2.05) is 0 Å². The molecule has 0 saturated carbocycles. The van der Waals surface area contributed by atoms with Gasteiger partial charge < -0.3 is 9.84 Å². The molecular formula is C10H9FO2S. The van der Waals surface area contributed by atoms with E-state index in [0.717, 1.165) is 4.70 Å². The van der Waals surface area contributed by atoms with Gasteiger partial charge >= 0.3 is 0 Å². The largest absolute Gasteiger partial charge is 0.495 e. The number of aliphatic hydroxyl groups excluding tert-OH is 1. The molecule has 0 spiro atoms. The van der Waals surface area contributed by atoms with Crippen molar-refractivity contribution in [1.82, 2.24) is 0 Å². The van der Waals surface area contributed by atoms with Crippen LogP contribution in [0.1, 0.15) is 5.56 Å². The first-order valence-corrected chi connectivity index (χ1v) is 4.98. The molecule has 0 atom stereocenters. The Bertz CT molecular complexity index is 464. The van der Waals surface area contributed by atoms with Crippen LogP contribution in [0.25, 0.3) is 10.1 Å². The van der Waals surface area contributed by atoms with Gasteiger partial charge in [0.1, 0.15) is 11.6 Å². The van der Waals surface area contributed by atoms with Crippen molar-refractivity contribution in [2.24, 2.45) is 0 Å². The molecule has 1 aromatic carbocycles. The van der Waals surface area contributed by atoms with E-state index >= 15 is 0 Å². The van der Waals surface area contributed by atoms with Crippen LogP contribution >= 0.6 is 11.3 Å². The summed E-state index contributed by atoms with van der Waals surface area (Å²) in [6.45, 7) is -0.146. The predicted molar refractivity (Wildman–Crippen MR) is 54.3 cm³/mol. The van der Waals surface area contributed by atoms with Crippen molar-refractivity contribution in [3.05, 3.63) is 28.9 Å². The molecule has 0 aliphatic rings. The number of ether oxygens (including phenoxy) is 1. The standard InChI is InChI=1S/C10H9FO2S/c1-13-8-5-14-9-3-6(4-12)2-7(11)10(8)9/h2-3,5,12H,4H2,1H3. The Labute approximate surface area is 84.6 Å². The Morgan fingerprint density at radius 2 is 2.29 bits per heavy atom. The van der Waals surface area contributed by atoms with Gasteiger partial charge in [0.05, 0.1) is 19.1 Å². The Balaban J connectivity index is 2.72. The van der Waals surface area contributed by atoms with Crippen LogP contribution in [0.2, 0.25) is 0 Å². The molecule has 1 aromatic heterocycles. The van der Waals surface area contributed by atoms with Crippen molar-refractivity contribution in [3.8, 4) is 5.75 Å². The molecule has 0 radical (unpaired) electrons. The van der Waals surface area contributed by atoms with E-state index in [1.165, 1.54) is 24.5 Å². The van der Waals surface area contributed by atoms with Crippen molar-refractivity contribution >= 4 is 21.4 Å². The van der Waals surface area contributed by atoms with E-state index < -0.39 is 0 Å². The van der Waals surface area contributed by atoms with Gasteiger partial charge in [-0.1, -0.05) is 0 Å². The molecule has 0 aliphatic carbocycles. The topological polar surface area (TPSA) is 29.5 Å². The predicted octanol–water partition coefficient (Wildman–Crippen LogP) is 2.54. The number of rotatable bonds is 2. The maximum atomic E-state index is 13.5. The lowest BCUT2D eigenvalue weighted by molar-refractivity contribution is 0.281. The molecule has 0 saturated heterocycles. The molecule has 2 aromatic rings. The fraction of sp³-hybridized carbons (Fsp3) is 0.200. The number of hydrogen-bond acceptors (Lipinski definition) is 3. The maximum absolute atomic E-state index is 13.5. The van der Waals surface area contributed by atoms with E-state index in [0.29, 0.717) is 16.7 Å². The third-order valence-corrected chi connectivity index (χ3v) is 2.96. The summed E-state index contributed by atoms with van der Waals surface area (Å²) in [5.41, 5.74) is 0.583. The molecule has 0 amide bonds. The normalized spacial score (nSPS) is 10.8. The van der Waals surface area contributed by atoms with Crippen LogP contribution < -0.4 is 4.74 Å². The highest BCUT2D eigenvalue weighted by molar-refractivity contribution is 7.17. The van der Waals surface area contributed by atoms with Gasteiger partial charge in [-0.2, -0.15) is 0 Å². The van der Waals surface area contributed by atoms with Crippen molar-refractivity contribution in [2.45, 2.75) is 6.61 Å². The Morgan fingerprint density at radius 3 is 2.93 bits per heavy atom. The van der Waals surface area contributed by atoms with E-state index in [9.17, 15) is 4.39 Å². The summed E-state index contributed by atoms with van der Waals surface area (Å²) >= 11 is 1.41. The second kappa shape index (κ2) is 3.55. The highest BCUT2D eigenvalue weighted by atomic mass is 32.1. The Hall–Kier alpha value is -1.13. The molecule has 1 heterocycles. The Morgan fingerprint density at radius 1 is 1.50 bits per heavy atom. The molecule has 0 unspecified atom stereocenters. The maximum Gasteiger partial charge on any atom is 0.140 e. The smallest absolute Gasteiger partial charge is 0.140 e. The zero-order chi connectivity index (χ0) is 10.1. The van der Waals surface area contributed by atoms with Crippen LogP contribution in [-0.4, -0.2) is 12.2 Å². The number of methoxy groups -OCH3 is 1. The first-order chi connectivity index (χ1) is 6.76. The van der Waals surface area contributed by atoms with Crippen LogP contribution in [0.15, 0.2) is 17.5 Å². The van der Waals surface area contributed by atoms with Gasteiger partial charge in [0.25, 0.3) is 0 Å². The highest BCUT2D eigenvalue weighted by Gasteiger charge is 2.10. The molecule has 2 rings (SSSR count). The molecule has 0 bridgehead atoms. The lowest BCUT2D eigenvalue weighted by Crippen LogP contribution is -1.87. The number of fused-ring (bicyclic) bond motifs is 1. The lowest BCUT2D eigenvalue weighted by atomic mass is 10.1. The average molecular weight is 212 g/mol. The first-order valence-electron chi connectivity index (χ1n) is 4.10. The van der Waals surface area contributed by atoms with E-state index in [1.54, 1.807) is 11.4 Å². The molecule has 0 aliphatic heterocycles. The van der Waals surface area contributed by atoms with Gasteiger partial charge in [-0.25, -0.2) is 4.39 Å². The van der Waals surface area contributed by atoms with E-state index in [2.05, 4.69) is 0 Å². The summed E-state index contributed by atoms with van der Waals surface area (Å²) in [7, 11) is 1.51. The van der Waals surface area contributed by atoms with Crippen LogP contribution in [0.5, 0.6) is 5.75 Å². The van der Waals surface area contributed by atoms with Gasteiger partial charge in [0.15, 0.2) is 0 Å². The third kappa shape index (κ3) is 1.36. The van der Waals surface area contributed by atoms with Gasteiger partial charge in [-0.05, 0) is 17.7 Å². The van der Waals surface area contributed by atoms with Gasteiger partial charge in [-0.3, -0.25) is 0 Å². The summed E-state index contributed by atoms with van der Waals surface area (Å²) in [6, 6.07) is 3.10. The van der Waals surface area contributed by atoms with Crippen molar-refractivity contribution in [2.75, 3.05) is 7.11 Å². The number of hydrogen-bond donors (Lipinski definition) is 1. The third-order valence-electron chi connectivity index (χ3n) is 2.06. The van der Waals surface area contributed by atoms with Gasteiger partial charge in [0, 0.05) is 10.1 Å².